The predicted octanol–water partition coefficient (Wildman–Crippen LogP) is 1.86. The van der Waals surface area contributed by atoms with E-state index in [1.54, 1.807) is 6.20 Å². The Morgan fingerprint density at radius 1 is 1.08 bits per heavy atom. The van der Waals surface area contributed by atoms with Crippen LogP contribution in [-0.2, 0) is 9.59 Å². The number of carbonyl (C=O) groups is 2. The molecule has 6 nitrogen and oxygen atoms in total. The largest absolute Gasteiger partial charge is 0.370 e. The van der Waals surface area contributed by atoms with Crippen LogP contribution >= 0.6 is 0 Å². The van der Waals surface area contributed by atoms with E-state index in [4.69, 9.17) is 0 Å². The Bertz CT molecular complexity index is 564. The van der Waals surface area contributed by atoms with Crippen LogP contribution in [0.2, 0.25) is 0 Å². The topological polar surface area (TPSA) is 74.3 Å². The van der Waals surface area contributed by atoms with Gasteiger partial charge in [-0.05, 0) is 43.7 Å². The second kappa shape index (κ2) is 8.83. The highest BCUT2D eigenvalue weighted by molar-refractivity contribution is 6.35. The fourth-order valence-electron chi connectivity index (χ4n) is 3.75. The molecule has 2 N–H and O–H groups in total. The van der Waals surface area contributed by atoms with Gasteiger partial charge in [0.05, 0.1) is 11.9 Å². The quantitative estimate of drug-likeness (QED) is 0.818. The van der Waals surface area contributed by atoms with Gasteiger partial charge in [-0.15, -0.1) is 0 Å². The summed E-state index contributed by atoms with van der Waals surface area (Å²) in [5, 5.41) is 5.68. The minimum atomic E-state index is -0.486. The summed E-state index contributed by atoms with van der Waals surface area (Å²) in [5.74, 6) is -0.528. The first-order valence-corrected chi connectivity index (χ1v) is 9.46. The van der Waals surface area contributed by atoms with Crippen molar-refractivity contribution in [2.75, 3.05) is 24.5 Å². The SMILES string of the molecule is O=C(NCC1CCN(c2cccnc2)CC1)C(=O)NC1CCCCC1. The van der Waals surface area contributed by atoms with Crippen molar-refractivity contribution in [3.63, 3.8) is 0 Å². The van der Waals surface area contributed by atoms with E-state index < -0.39 is 11.8 Å². The molecule has 1 aliphatic heterocycles. The molecule has 136 valence electrons. The number of piperidine rings is 1. The molecule has 2 fully saturated rings. The molecule has 1 aromatic heterocycles. The van der Waals surface area contributed by atoms with Gasteiger partial charge in [-0.3, -0.25) is 14.6 Å². The number of amides is 2. The molecule has 1 aromatic rings. The van der Waals surface area contributed by atoms with E-state index in [9.17, 15) is 9.59 Å². The molecule has 3 rings (SSSR count). The number of nitrogens with one attached hydrogen (secondary N) is 2. The zero-order valence-corrected chi connectivity index (χ0v) is 14.7. The number of hydrogen-bond donors (Lipinski definition) is 2. The lowest BCUT2D eigenvalue weighted by Crippen LogP contribution is -2.47. The summed E-state index contributed by atoms with van der Waals surface area (Å²) in [6.45, 7) is 2.50. The van der Waals surface area contributed by atoms with E-state index in [-0.39, 0.29) is 6.04 Å². The standard InChI is InChI=1S/C19H28N4O2/c24-18(19(25)22-16-5-2-1-3-6-16)21-13-15-8-11-23(12-9-15)17-7-4-10-20-14-17/h4,7,10,14-16H,1-3,5-6,8-9,11-13H2,(H,21,24)(H,22,25). The molecule has 2 heterocycles. The summed E-state index contributed by atoms with van der Waals surface area (Å²) in [5.41, 5.74) is 1.15. The van der Waals surface area contributed by atoms with Crippen LogP contribution in [0.5, 0.6) is 0 Å². The first-order valence-electron chi connectivity index (χ1n) is 9.46. The predicted molar refractivity (Wildman–Crippen MR) is 97.2 cm³/mol. The van der Waals surface area contributed by atoms with Gasteiger partial charge in [-0.25, -0.2) is 0 Å². The second-order valence-corrected chi connectivity index (χ2v) is 7.16. The molecule has 0 spiro atoms. The first kappa shape index (κ1) is 17.7. The average molecular weight is 344 g/mol. The highest BCUT2D eigenvalue weighted by atomic mass is 16.2. The van der Waals surface area contributed by atoms with Crippen LogP contribution in [0.1, 0.15) is 44.9 Å². The Morgan fingerprint density at radius 3 is 2.52 bits per heavy atom. The van der Waals surface area contributed by atoms with Crippen molar-refractivity contribution in [2.24, 2.45) is 5.92 Å². The Balaban J connectivity index is 1.36. The molecular weight excluding hydrogens is 316 g/mol. The molecule has 0 bridgehead atoms. The smallest absolute Gasteiger partial charge is 0.309 e. The molecule has 1 saturated heterocycles. The molecule has 1 aliphatic carbocycles. The molecule has 2 amide bonds. The van der Waals surface area contributed by atoms with Gasteiger partial charge < -0.3 is 15.5 Å². The minimum Gasteiger partial charge on any atom is -0.370 e. The number of rotatable bonds is 4. The van der Waals surface area contributed by atoms with E-state index >= 15 is 0 Å². The van der Waals surface area contributed by atoms with Crippen LogP contribution in [0.25, 0.3) is 0 Å². The van der Waals surface area contributed by atoms with Gasteiger partial charge in [-0.2, -0.15) is 0 Å². The van der Waals surface area contributed by atoms with Gasteiger partial charge in [0.15, 0.2) is 0 Å². The summed E-state index contributed by atoms with van der Waals surface area (Å²) in [6, 6.07) is 4.20. The van der Waals surface area contributed by atoms with Crippen LogP contribution in [0.15, 0.2) is 24.5 Å². The normalized spacial score (nSPS) is 19.4. The van der Waals surface area contributed by atoms with Gasteiger partial charge in [0.1, 0.15) is 0 Å². The summed E-state index contributed by atoms with van der Waals surface area (Å²) < 4.78 is 0. The molecule has 2 aliphatic rings. The summed E-state index contributed by atoms with van der Waals surface area (Å²) in [7, 11) is 0. The Kier molecular flexibility index (Phi) is 6.25. The number of aromatic nitrogens is 1. The maximum Gasteiger partial charge on any atom is 0.309 e. The van der Waals surface area contributed by atoms with Crippen molar-refractivity contribution in [2.45, 2.75) is 51.0 Å². The second-order valence-electron chi connectivity index (χ2n) is 7.16. The third kappa shape index (κ3) is 5.18. The lowest BCUT2D eigenvalue weighted by molar-refractivity contribution is -0.139. The number of carbonyl (C=O) groups excluding carboxylic acids is 2. The van der Waals surface area contributed by atoms with E-state index in [0.717, 1.165) is 57.3 Å². The summed E-state index contributed by atoms with van der Waals surface area (Å²) >= 11 is 0. The third-order valence-electron chi connectivity index (χ3n) is 5.32. The molecule has 0 unspecified atom stereocenters. The fraction of sp³-hybridized carbons (Fsp3) is 0.632. The number of pyridine rings is 1. The van der Waals surface area contributed by atoms with Gasteiger partial charge >= 0.3 is 11.8 Å². The molecule has 0 aromatic carbocycles. The first-order chi connectivity index (χ1) is 12.2. The zero-order chi connectivity index (χ0) is 17.5. The van der Waals surface area contributed by atoms with Gasteiger partial charge in [-0.1, -0.05) is 19.3 Å². The minimum absolute atomic E-state index is 0.176. The van der Waals surface area contributed by atoms with E-state index in [1.165, 1.54) is 6.42 Å². The average Bonchev–Trinajstić information content (AvgIpc) is 2.68. The molecule has 6 heteroatoms. The van der Waals surface area contributed by atoms with Crippen molar-refractivity contribution in [3.05, 3.63) is 24.5 Å². The Hall–Kier alpha value is -2.11. The maximum absolute atomic E-state index is 12.0. The van der Waals surface area contributed by atoms with Crippen molar-refractivity contribution in [1.82, 2.24) is 15.6 Å². The van der Waals surface area contributed by atoms with Crippen LogP contribution in [0, 0.1) is 5.92 Å². The number of nitrogens with zero attached hydrogens (tertiary/aromatic N) is 2. The monoisotopic (exact) mass is 344 g/mol. The number of hydrogen-bond acceptors (Lipinski definition) is 4. The maximum atomic E-state index is 12.0. The number of anilines is 1. The molecule has 25 heavy (non-hydrogen) atoms. The lowest BCUT2D eigenvalue weighted by Gasteiger charge is -2.33. The van der Waals surface area contributed by atoms with Crippen molar-refractivity contribution in [3.8, 4) is 0 Å². The van der Waals surface area contributed by atoms with Gasteiger partial charge in [0.2, 0.25) is 0 Å². The summed E-state index contributed by atoms with van der Waals surface area (Å²) in [6.07, 6.45) is 11.2. The molecule has 0 radical (unpaired) electrons. The Morgan fingerprint density at radius 2 is 1.84 bits per heavy atom. The van der Waals surface area contributed by atoms with E-state index in [2.05, 4.69) is 26.6 Å². The van der Waals surface area contributed by atoms with E-state index in [1.807, 2.05) is 12.3 Å². The highest BCUT2D eigenvalue weighted by Gasteiger charge is 2.23. The van der Waals surface area contributed by atoms with Crippen molar-refractivity contribution in [1.29, 1.82) is 0 Å². The highest BCUT2D eigenvalue weighted by Crippen LogP contribution is 2.22. The zero-order valence-electron chi connectivity index (χ0n) is 14.7. The van der Waals surface area contributed by atoms with Crippen molar-refractivity contribution >= 4 is 17.5 Å². The van der Waals surface area contributed by atoms with Crippen LogP contribution < -0.4 is 15.5 Å². The Labute approximate surface area is 149 Å². The van der Waals surface area contributed by atoms with Gasteiger partial charge in [0.25, 0.3) is 0 Å². The molecule has 1 saturated carbocycles. The third-order valence-corrected chi connectivity index (χ3v) is 5.32. The van der Waals surface area contributed by atoms with E-state index in [0.29, 0.717) is 12.5 Å². The van der Waals surface area contributed by atoms with Crippen molar-refractivity contribution < 1.29 is 9.59 Å². The molecule has 0 atom stereocenters. The van der Waals surface area contributed by atoms with Crippen LogP contribution in [0.4, 0.5) is 5.69 Å². The van der Waals surface area contributed by atoms with Crippen LogP contribution in [0.3, 0.4) is 0 Å². The fourth-order valence-corrected chi connectivity index (χ4v) is 3.75. The van der Waals surface area contributed by atoms with Crippen LogP contribution in [-0.4, -0.2) is 42.5 Å². The molecular formula is C19H28N4O2. The summed E-state index contributed by atoms with van der Waals surface area (Å²) in [4.78, 5) is 30.5. The lowest BCUT2D eigenvalue weighted by atomic mass is 9.95. The van der Waals surface area contributed by atoms with Gasteiger partial charge in [0, 0.05) is 31.9 Å².